The molecule has 2 aromatic rings. The number of fused-ring (bicyclic) bond motifs is 2. The van der Waals surface area contributed by atoms with E-state index in [1.165, 1.54) is 10.4 Å². The van der Waals surface area contributed by atoms with Crippen molar-refractivity contribution in [3.8, 4) is 0 Å². The lowest BCUT2D eigenvalue weighted by molar-refractivity contribution is -0.134. The van der Waals surface area contributed by atoms with Gasteiger partial charge in [-0.2, -0.15) is 0 Å². The molecule has 4 rings (SSSR count). The predicted octanol–water partition coefficient (Wildman–Crippen LogP) is 4.87. The van der Waals surface area contributed by atoms with Crippen LogP contribution in [0.15, 0.2) is 30.3 Å². The predicted molar refractivity (Wildman–Crippen MR) is 124 cm³/mol. The Morgan fingerprint density at radius 2 is 2.00 bits per heavy atom. The van der Waals surface area contributed by atoms with Gasteiger partial charge in [-0.3, -0.25) is 4.79 Å². The van der Waals surface area contributed by atoms with E-state index in [1.54, 1.807) is 16.2 Å². The summed E-state index contributed by atoms with van der Waals surface area (Å²) < 4.78 is 7.18. The first-order valence-corrected chi connectivity index (χ1v) is 12.0. The number of halogens is 2. The minimum atomic E-state index is -0.203. The van der Waals surface area contributed by atoms with E-state index in [0.29, 0.717) is 6.42 Å². The second-order valence-corrected chi connectivity index (χ2v) is 10.6. The fourth-order valence-corrected chi connectivity index (χ4v) is 6.41. The molecule has 0 saturated carbocycles. The summed E-state index contributed by atoms with van der Waals surface area (Å²) in [7, 11) is 3.65. The highest BCUT2D eigenvalue weighted by molar-refractivity contribution is 7.16. The Labute approximate surface area is 192 Å². The quantitative estimate of drug-likeness (QED) is 0.630. The smallest absolute Gasteiger partial charge is 0.226 e. The number of piperidine rings is 1. The zero-order chi connectivity index (χ0) is 21.3. The summed E-state index contributed by atoms with van der Waals surface area (Å²) in [6, 6.07) is 9.92. The summed E-state index contributed by atoms with van der Waals surface area (Å²) >= 11 is 14.4. The Balaban J connectivity index is 1.45. The molecule has 4 nitrogen and oxygen atoms in total. The van der Waals surface area contributed by atoms with E-state index in [1.807, 2.05) is 38.4 Å². The monoisotopic (exact) mass is 466 g/mol. The fraction of sp³-hybridized carbons (Fsp3) is 0.522. The van der Waals surface area contributed by atoms with E-state index < -0.39 is 0 Å². The van der Waals surface area contributed by atoms with Gasteiger partial charge in [-0.05, 0) is 48.9 Å². The summed E-state index contributed by atoms with van der Waals surface area (Å²) in [5.41, 5.74) is 2.18. The first-order valence-electron chi connectivity index (χ1n) is 10.5. The third-order valence-corrected chi connectivity index (χ3v) is 8.16. The molecule has 1 atom stereocenters. The van der Waals surface area contributed by atoms with Crippen molar-refractivity contribution in [2.75, 3.05) is 40.3 Å². The van der Waals surface area contributed by atoms with Crippen molar-refractivity contribution in [1.29, 1.82) is 0 Å². The molecule has 0 bridgehead atoms. The second-order valence-electron chi connectivity index (χ2n) is 8.52. The Morgan fingerprint density at radius 3 is 2.70 bits per heavy atom. The molecule has 0 radical (unpaired) electrons. The number of hydrogen-bond acceptors (Lipinski definition) is 4. The number of amides is 1. The molecular formula is C23H28Cl2N2O2S. The van der Waals surface area contributed by atoms with Gasteiger partial charge in [0.15, 0.2) is 0 Å². The van der Waals surface area contributed by atoms with Gasteiger partial charge in [0.2, 0.25) is 5.91 Å². The summed E-state index contributed by atoms with van der Waals surface area (Å²) in [6.07, 6.45) is 3.47. The highest BCUT2D eigenvalue weighted by Crippen LogP contribution is 2.46. The minimum Gasteiger partial charge on any atom is -0.369 e. The van der Waals surface area contributed by atoms with Gasteiger partial charge in [0.25, 0.3) is 0 Å². The van der Waals surface area contributed by atoms with Gasteiger partial charge in [0.1, 0.15) is 5.60 Å². The summed E-state index contributed by atoms with van der Waals surface area (Å²) in [5, 5.41) is 0.726. The maximum absolute atomic E-state index is 12.9. The summed E-state index contributed by atoms with van der Waals surface area (Å²) in [6.45, 7) is 3.31. The standard InChI is InChI=1S/C23H28Cl2N2O2S/c1-26(2)22(28)18(13-16-5-3-4-6-19(16)24)15-27-10-8-23(9-11-27)21-17(7-12-29-23)14-20(25)30-21/h3-6,14,18H,7-13,15H2,1-2H3/t18-/m1/s1. The molecule has 3 heterocycles. The van der Waals surface area contributed by atoms with Gasteiger partial charge < -0.3 is 14.5 Å². The Bertz CT molecular complexity index is 906. The van der Waals surface area contributed by atoms with Crippen molar-refractivity contribution in [2.45, 2.75) is 31.3 Å². The fourth-order valence-electron chi connectivity index (χ4n) is 4.69. The van der Waals surface area contributed by atoms with Gasteiger partial charge in [0.05, 0.1) is 16.9 Å². The molecule has 30 heavy (non-hydrogen) atoms. The maximum Gasteiger partial charge on any atom is 0.226 e. The number of benzene rings is 1. The lowest BCUT2D eigenvalue weighted by atomic mass is 9.85. The zero-order valence-corrected chi connectivity index (χ0v) is 19.8. The van der Waals surface area contributed by atoms with Crippen molar-refractivity contribution in [3.05, 3.63) is 55.7 Å². The van der Waals surface area contributed by atoms with E-state index in [4.69, 9.17) is 27.9 Å². The van der Waals surface area contributed by atoms with Crippen molar-refractivity contribution in [1.82, 2.24) is 9.80 Å². The molecule has 1 aromatic carbocycles. The lowest BCUT2D eigenvalue weighted by Gasteiger charge is -2.44. The topological polar surface area (TPSA) is 32.8 Å². The van der Waals surface area contributed by atoms with Crippen LogP contribution in [0.5, 0.6) is 0 Å². The first kappa shape index (κ1) is 22.1. The van der Waals surface area contributed by atoms with Gasteiger partial charge in [0, 0.05) is 43.6 Å². The van der Waals surface area contributed by atoms with Crippen molar-refractivity contribution < 1.29 is 9.53 Å². The summed E-state index contributed by atoms with van der Waals surface area (Å²) in [5.74, 6) is 0.0319. The SMILES string of the molecule is CN(C)C(=O)[C@H](Cc1ccccc1Cl)CN1CCC2(CC1)OCCc1cc(Cl)sc12. The third kappa shape index (κ3) is 4.56. The number of rotatable bonds is 5. The molecule has 0 aliphatic carbocycles. The van der Waals surface area contributed by atoms with Crippen molar-refractivity contribution >= 4 is 40.4 Å². The van der Waals surface area contributed by atoms with Crippen LogP contribution in [0.2, 0.25) is 9.36 Å². The largest absolute Gasteiger partial charge is 0.369 e. The molecule has 1 spiro atoms. The number of ether oxygens (including phenoxy) is 1. The number of thiophene rings is 1. The highest BCUT2D eigenvalue weighted by atomic mass is 35.5. The molecular weight excluding hydrogens is 439 g/mol. The molecule has 1 aromatic heterocycles. The van der Waals surface area contributed by atoms with Crippen LogP contribution in [0, 0.1) is 5.92 Å². The molecule has 162 valence electrons. The van der Waals surface area contributed by atoms with Crippen LogP contribution >= 0.6 is 34.5 Å². The molecule has 2 aliphatic heterocycles. The van der Waals surface area contributed by atoms with Gasteiger partial charge in [-0.1, -0.05) is 41.4 Å². The van der Waals surface area contributed by atoms with E-state index in [0.717, 1.165) is 60.4 Å². The molecule has 0 unspecified atom stereocenters. The Morgan fingerprint density at radius 1 is 1.27 bits per heavy atom. The molecule has 1 fully saturated rings. The van der Waals surface area contributed by atoms with Crippen LogP contribution in [0.25, 0.3) is 0 Å². The average Bonchev–Trinajstić information content (AvgIpc) is 3.12. The number of likely N-dealkylation sites (tertiary alicyclic amines) is 1. The average molecular weight is 467 g/mol. The van der Waals surface area contributed by atoms with E-state index >= 15 is 0 Å². The number of carbonyl (C=O) groups is 1. The molecule has 2 aliphatic rings. The lowest BCUT2D eigenvalue weighted by Crippen LogP contribution is -2.48. The van der Waals surface area contributed by atoms with Crippen LogP contribution in [0.3, 0.4) is 0 Å². The third-order valence-electron chi connectivity index (χ3n) is 6.30. The van der Waals surface area contributed by atoms with Gasteiger partial charge in [-0.15, -0.1) is 11.3 Å². The molecule has 1 amide bonds. The van der Waals surface area contributed by atoms with Gasteiger partial charge in [-0.25, -0.2) is 0 Å². The highest BCUT2D eigenvalue weighted by Gasteiger charge is 2.42. The molecule has 1 saturated heterocycles. The normalized spacial score (nSPS) is 19.5. The number of nitrogens with zero attached hydrogens (tertiary/aromatic N) is 2. The van der Waals surface area contributed by atoms with Crippen LogP contribution in [0.4, 0.5) is 0 Å². The van der Waals surface area contributed by atoms with E-state index in [9.17, 15) is 4.79 Å². The Hall–Kier alpha value is -1.11. The number of hydrogen-bond donors (Lipinski definition) is 0. The van der Waals surface area contributed by atoms with Crippen LogP contribution in [-0.2, 0) is 28.0 Å². The van der Waals surface area contributed by atoms with Gasteiger partial charge >= 0.3 is 0 Å². The van der Waals surface area contributed by atoms with Crippen LogP contribution in [-0.4, -0.2) is 56.0 Å². The van der Waals surface area contributed by atoms with Crippen LogP contribution in [0.1, 0.15) is 28.8 Å². The minimum absolute atomic E-state index is 0.118. The van der Waals surface area contributed by atoms with E-state index in [2.05, 4.69) is 11.0 Å². The van der Waals surface area contributed by atoms with Crippen molar-refractivity contribution in [3.63, 3.8) is 0 Å². The van der Waals surface area contributed by atoms with E-state index in [-0.39, 0.29) is 17.4 Å². The molecule has 7 heteroatoms. The summed E-state index contributed by atoms with van der Waals surface area (Å²) in [4.78, 5) is 18.3. The van der Waals surface area contributed by atoms with Crippen molar-refractivity contribution in [2.24, 2.45) is 5.92 Å². The maximum atomic E-state index is 12.9. The Kier molecular flexibility index (Phi) is 6.76. The van der Waals surface area contributed by atoms with Crippen LogP contribution < -0.4 is 0 Å². The second kappa shape index (κ2) is 9.17. The zero-order valence-electron chi connectivity index (χ0n) is 17.5. The number of carbonyl (C=O) groups excluding carboxylic acids is 1. The first-order chi connectivity index (χ1) is 14.4. The molecule has 0 N–H and O–H groups in total.